The third-order valence-corrected chi connectivity index (χ3v) is 3.04. The molecule has 1 unspecified atom stereocenters. The van der Waals surface area contributed by atoms with Crippen LogP contribution in [0.3, 0.4) is 0 Å². The summed E-state index contributed by atoms with van der Waals surface area (Å²) in [5.74, 6) is 0.124. The largest absolute Gasteiger partial charge is 0.356 e. The van der Waals surface area contributed by atoms with Gasteiger partial charge in [0.1, 0.15) is 0 Å². The van der Waals surface area contributed by atoms with Gasteiger partial charge in [0.25, 0.3) is 0 Å². The van der Waals surface area contributed by atoms with Crippen molar-refractivity contribution in [3.63, 3.8) is 0 Å². The van der Waals surface area contributed by atoms with Crippen LogP contribution >= 0.6 is 11.6 Å². The van der Waals surface area contributed by atoms with Gasteiger partial charge in [-0.3, -0.25) is 4.79 Å². The van der Waals surface area contributed by atoms with Gasteiger partial charge in [0, 0.05) is 18.3 Å². The number of hydrogen-bond donors (Lipinski definition) is 1. The summed E-state index contributed by atoms with van der Waals surface area (Å²) in [5.41, 5.74) is 2.46. The smallest absolute Gasteiger partial charge is 0.220 e. The Kier molecular flexibility index (Phi) is 6.81. The molecule has 0 saturated carbocycles. The second-order valence-corrected chi connectivity index (χ2v) is 5.51. The Hall–Kier alpha value is -1.02. The van der Waals surface area contributed by atoms with Crippen LogP contribution in [0.1, 0.15) is 37.3 Å². The van der Waals surface area contributed by atoms with E-state index in [9.17, 15) is 4.79 Å². The number of nitrogens with one attached hydrogen (secondary N) is 1. The van der Waals surface area contributed by atoms with Crippen molar-refractivity contribution >= 4 is 17.5 Å². The lowest BCUT2D eigenvalue weighted by Gasteiger charge is -2.06. The molecular formula is C15H22ClNO. The molecule has 1 rings (SSSR count). The zero-order valence-corrected chi connectivity index (χ0v) is 12.0. The van der Waals surface area contributed by atoms with Gasteiger partial charge in [0.2, 0.25) is 5.91 Å². The van der Waals surface area contributed by atoms with Crippen molar-refractivity contribution < 1.29 is 4.79 Å². The first-order chi connectivity index (χ1) is 8.58. The Morgan fingerprint density at radius 3 is 2.89 bits per heavy atom. The molecule has 0 bridgehead atoms. The Labute approximate surface area is 115 Å². The van der Waals surface area contributed by atoms with E-state index >= 15 is 0 Å². The maximum absolute atomic E-state index is 11.6. The summed E-state index contributed by atoms with van der Waals surface area (Å²) >= 11 is 5.84. The molecule has 18 heavy (non-hydrogen) atoms. The van der Waals surface area contributed by atoms with Crippen LogP contribution in [0.25, 0.3) is 0 Å². The summed E-state index contributed by atoms with van der Waals surface area (Å²) in [7, 11) is 0. The van der Waals surface area contributed by atoms with Gasteiger partial charge in [-0.15, -0.1) is 11.6 Å². The molecule has 0 aromatic heterocycles. The highest BCUT2D eigenvalue weighted by Crippen LogP contribution is 2.06. The molecule has 1 aromatic carbocycles. The molecule has 0 heterocycles. The Morgan fingerprint density at radius 2 is 2.22 bits per heavy atom. The normalized spacial score (nSPS) is 12.2. The van der Waals surface area contributed by atoms with E-state index in [4.69, 9.17) is 11.6 Å². The number of rotatable bonds is 7. The predicted octanol–water partition coefficient (Wildman–Crippen LogP) is 3.45. The molecule has 0 aliphatic heterocycles. The third-order valence-electron chi connectivity index (χ3n) is 2.82. The van der Waals surface area contributed by atoms with Crippen LogP contribution in [-0.2, 0) is 11.2 Å². The van der Waals surface area contributed by atoms with E-state index in [1.165, 1.54) is 11.1 Å². The van der Waals surface area contributed by atoms with Gasteiger partial charge >= 0.3 is 0 Å². The van der Waals surface area contributed by atoms with E-state index in [1.807, 2.05) is 13.0 Å². The Bertz CT molecular complexity index is 377. The van der Waals surface area contributed by atoms with Crippen molar-refractivity contribution in [3.8, 4) is 0 Å². The molecule has 100 valence electrons. The van der Waals surface area contributed by atoms with E-state index in [-0.39, 0.29) is 11.3 Å². The molecule has 3 heteroatoms. The summed E-state index contributed by atoms with van der Waals surface area (Å²) in [6, 6.07) is 8.29. The molecular weight excluding hydrogens is 246 g/mol. The van der Waals surface area contributed by atoms with Crippen molar-refractivity contribution in [2.45, 2.75) is 44.9 Å². The maximum Gasteiger partial charge on any atom is 0.220 e. The second kappa shape index (κ2) is 8.15. The summed E-state index contributed by atoms with van der Waals surface area (Å²) in [6.07, 6.45) is 3.25. The maximum atomic E-state index is 11.6. The molecule has 1 amide bonds. The van der Waals surface area contributed by atoms with E-state index in [1.54, 1.807) is 0 Å². The van der Waals surface area contributed by atoms with Crippen molar-refractivity contribution in [2.24, 2.45) is 0 Å². The lowest BCUT2D eigenvalue weighted by molar-refractivity contribution is -0.121. The fourth-order valence-electron chi connectivity index (χ4n) is 1.83. The van der Waals surface area contributed by atoms with Crippen molar-refractivity contribution in [1.82, 2.24) is 5.32 Å². The van der Waals surface area contributed by atoms with Gasteiger partial charge in [0.05, 0.1) is 0 Å². The Morgan fingerprint density at radius 1 is 1.44 bits per heavy atom. The highest BCUT2D eigenvalue weighted by atomic mass is 35.5. The quantitative estimate of drug-likeness (QED) is 0.595. The number of carbonyl (C=O) groups excluding carboxylic acids is 1. The first-order valence-corrected chi connectivity index (χ1v) is 6.98. The second-order valence-electron chi connectivity index (χ2n) is 4.76. The minimum absolute atomic E-state index is 0.124. The van der Waals surface area contributed by atoms with E-state index < -0.39 is 0 Å². The molecule has 0 radical (unpaired) electrons. The highest BCUT2D eigenvalue weighted by molar-refractivity contribution is 6.20. The van der Waals surface area contributed by atoms with Crippen LogP contribution in [0, 0.1) is 6.92 Å². The number of halogens is 1. The molecule has 1 aromatic rings. The van der Waals surface area contributed by atoms with Crippen molar-refractivity contribution in [3.05, 3.63) is 35.4 Å². The van der Waals surface area contributed by atoms with E-state index in [2.05, 4.69) is 30.4 Å². The van der Waals surface area contributed by atoms with Gasteiger partial charge in [-0.05, 0) is 38.7 Å². The minimum Gasteiger partial charge on any atom is -0.356 e. The molecule has 0 fully saturated rings. The van der Waals surface area contributed by atoms with Crippen LogP contribution in [0.2, 0.25) is 0 Å². The number of aryl methyl sites for hydroxylation is 2. The standard InChI is InChI=1S/C15H22ClNO/c1-12-5-3-7-14(11-12)8-9-15(18)17-10-4-6-13(2)16/h3,5,7,11,13H,4,6,8-10H2,1-2H3,(H,17,18). The van der Waals surface area contributed by atoms with Gasteiger partial charge in [-0.25, -0.2) is 0 Å². The summed E-state index contributed by atoms with van der Waals surface area (Å²) in [6.45, 7) is 4.77. The number of alkyl halides is 1. The van der Waals surface area contributed by atoms with Crippen LogP contribution in [0.5, 0.6) is 0 Å². The fourth-order valence-corrected chi connectivity index (χ4v) is 1.98. The molecule has 2 nitrogen and oxygen atoms in total. The first-order valence-electron chi connectivity index (χ1n) is 6.54. The molecule has 1 N–H and O–H groups in total. The number of carbonyl (C=O) groups is 1. The fraction of sp³-hybridized carbons (Fsp3) is 0.533. The third kappa shape index (κ3) is 6.65. The minimum atomic E-state index is 0.124. The topological polar surface area (TPSA) is 29.1 Å². The molecule has 1 atom stereocenters. The summed E-state index contributed by atoms with van der Waals surface area (Å²) < 4.78 is 0. The molecule has 0 aliphatic rings. The zero-order chi connectivity index (χ0) is 13.4. The number of amides is 1. The van der Waals surface area contributed by atoms with Gasteiger partial charge in [-0.2, -0.15) is 0 Å². The first kappa shape index (κ1) is 15.0. The van der Waals surface area contributed by atoms with Gasteiger partial charge in [-0.1, -0.05) is 29.8 Å². The molecule has 0 spiro atoms. The van der Waals surface area contributed by atoms with Crippen molar-refractivity contribution in [2.75, 3.05) is 6.54 Å². The van der Waals surface area contributed by atoms with Crippen LogP contribution in [0.4, 0.5) is 0 Å². The number of benzene rings is 1. The zero-order valence-electron chi connectivity index (χ0n) is 11.2. The average molecular weight is 268 g/mol. The summed E-state index contributed by atoms with van der Waals surface area (Å²) in [4.78, 5) is 11.6. The van der Waals surface area contributed by atoms with Gasteiger partial charge in [0.15, 0.2) is 0 Å². The van der Waals surface area contributed by atoms with E-state index in [0.29, 0.717) is 6.42 Å². The average Bonchev–Trinajstić information content (AvgIpc) is 2.32. The number of hydrogen-bond acceptors (Lipinski definition) is 1. The highest BCUT2D eigenvalue weighted by Gasteiger charge is 2.02. The van der Waals surface area contributed by atoms with Crippen LogP contribution in [0.15, 0.2) is 24.3 Å². The van der Waals surface area contributed by atoms with Gasteiger partial charge < -0.3 is 5.32 Å². The summed E-state index contributed by atoms with van der Waals surface area (Å²) in [5, 5.41) is 3.11. The van der Waals surface area contributed by atoms with E-state index in [0.717, 1.165) is 25.8 Å². The SMILES string of the molecule is Cc1cccc(CCC(=O)NCCCC(C)Cl)c1. The molecule has 0 saturated heterocycles. The lowest BCUT2D eigenvalue weighted by Crippen LogP contribution is -2.25. The molecule has 0 aliphatic carbocycles. The predicted molar refractivity (Wildman–Crippen MR) is 77.1 cm³/mol. The van der Waals surface area contributed by atoms with Crippen LogP contribution < -0.4 is 5.32 Å². The lowest BCUT2D eigenvalue weighted by atomic mass is 10.1. The van der Waals surface area contributed by atoms with Crippen molar-refractivity contribution in [1.29, 1.82) is 0 Å². The van der Waals surface area contributed by atoms with Crippen LogP contribution in [-0.4, -0.2) is 17.8 Å². The monoisotopic (exact) mass is 267 g/mol. The Balaban J connectivity index is 2.17.